The predicted molar refractivity (Wildman–Crippen MR) is 59.9 cm³/mol. The molecule has 0 saturated heterocycles. The number of rotatable bonds is 5. The molecule has 0 atom stereocenters. The number of nitrogens with two attached hydrogens (primary N) is 1. The van der Waals surface area contributed by atoms with Crippen molar-refractivity contribution in [3.8, 4) is 0 Å². The Hall–Kier alpha value is -0.770. The maximum absolute atomic E-state index is 5.36. The van der Waals surface area contributed by atoms with Crippen LogP contribution in [0.4, 0.5) is 0 Å². The Kier molecular flexibility index (Phi) is 5.37. The SMILES string of the molecule is CCCCNC(=NCC1CCC1)NN. The lowest BCUT2D eigenvalue weighted by Gasteiger charge is -2.23. The van der Waals surface area contributed by atoms with Crippen molar-refractivity contribution >= 4 is 5.96 Å². The van der Waals surface area contributed by atoms with E-state index in [0.717, 1.165) is 31.4 Å². The zero-order valence-electron chi connectivity index (χ0n) is 9.05. The Balaban J connectivity index is 2.14. The molecular weight excluding hydrogens is 176 g/mol. The zero-order chi connectivity index (χ0) is 10.2. The summed E-state index contributed by atoms with van der Waals surface area (Å²) in [5, 5.41) is 3.19. The monoisotopic (exact) mass is 198 g/mol. The van der Waals surface area contributed by atoms with Crippen molar-refractivity contribution in [1.82, 2.24) is 10.7 Å². The summed E-state index contributed by atoms with van der Waals surface area (Å²) in [6, 6.07) is 0. The maximum atomic E-state index is 5.36. The number of nitrogens with one attached hydrogen (secondary N) is 2. The van der Waals surface area contributed by atoms with E-state index in [1.807, 2.05) is 0 Å². The van der Waals surface area contributed by atoms with Crippen molar-refractivity contribution < 1.29 is 0 Å². The molecule has 1 aliphatic rings. The molecule has 0 amide bonds. The van der Waals surface area contributed by atoms with Gasteiger partial charge in [0.2, 0.25) is 5.96 Å². The summed E-state index contributed by atoms with van der Waals surface area (Å²) in [5.41, 5.74) is 2.60. The fourth-order valence-corrected chi connectivity index (χ4v) is 1.43. The first-order valence-electron chi connectivity index (χ1n) is 5.61. The third-order valence-corrected chi connectivity index (χ3v) is 2.69. The molecule has 0 radical (unpaired) electrons. The molecule has 1 rings (SSSR count). The summed E-state index contributed by atoms with van der Waals surface area (Å²) >= 11 is 0. The normalized spacial score (nSPS) is 17.7. The fraction of sp³-hybridized carbons (Fsp3) is 0.900. The van der Waals surface area contributed by atoms with Gasteiger partial charge in [-0.05, 0) is 25.2 Å². The van der Waals surface area contributed by atoms with E-state index in [4.69, 9.17) is 5.84 Å². The molecule has 1 aliphatic carbocycles. The van der Waals surface area contributed by atoms with Crippen molar-refractivity contribution in [1.29, 1.82) is 0 Å². The highest BCUT2D eigenvalue weighted by atomic mass is 15.3. The number of hydrogen-bond acceptors (Lipinski definition) is 2. The van der Waals surface area contributed by atoms with Gasteiger partial charge in [0.05, 0.1) is 0 Å². The van der Waals surface area contributed by atoms with Crippen LogP contribution >= 0.6 is 0 Å². The Bertz CT molecular complexity index is 175. The van der Waals surface area contributed by atoms with Gasteiger partial charge < -0.3 is 5.32 Å². The molecule has 4 heteroatoms. The van der Waals surface area contributed by atoms with E-state index < -0.39 is 0 Å². The molecule has 0 aliphatic heterocycles. The molecule has 1 fully saturated rings. The first kappa shape index (κ1) is 11.3. The predicted octanol–water partition coefficient (Wildman–Crippen LogP) is 0.995. The van der Waals surface area contributed by atoms with E-state index in [1.165, 1.54) is 25.7 Å². The van der Waals surface area contributed by atoms with Crippen LogP contribution in [-0.4, -0.2) is 19.0 Å². The van der Waals surface area contributed by atoms with Crippen molar-refractivity contribution in [2.45, 2.75) is 39.0 Å². The summed E-state index contributed by atoms with van der Waals surface area (Å²) in [7, 11) is 0. The lowest BCUT2D eigenvalue weighted by Crippen LogP contribution is -2.42. The summed E-state index contributed by atoms with van der Waals surface area (Å²) in [5.74, 6) is 6.90. The Labute approximate surface area is 86.3 Å². The Morgan fingerprint density at radius 3 is 2.79 bits per heavy atom. The third-order valence-electron chi connectivity index (χ3n) is 2.69. The molecule has 0 unspecified atom stereocenters. The van der Waals surface area contributed by atoms with Gasteiger partial charge in [-0.1, -0.05) is 19.8 Å². The molecule has 0 bridgehead atoms. The summed E-state index contributed by atoms with van der Waals surface area (Å²) in [6.07, 6.45) is 6.37. The number of hydrogen-bond donors (Lipinski definition) is 3. The molecule has 4 N–H and O–H groups in total. The van der Waals surface area contributed by atoms with Crippen molar-refractivity contribution in [3.05, 3.63) is 0 Å². The quantitative estimate of drug-likeness (QED) is 0.203. The minimum atomic E-state index is 0.741. The third kappa shape index (κ3) is 3.96. The van der Waals surface area contributed by atoms with E-state index in [-0.39, 0.29) is 0 Å². The van der Waals surface area contributed by atoms with E-state index >= 15 is 0 Å². The topological polar surface area (TPSA) is 62.4 Å². The average Bonchev–Trinajstić information content (AvgIpc) is 2.13. The summed E-state index contributed by atoms with van der Waals surface area (Å²) in [6.45, 7) is 4.03. The van der Waals surface area contributed by atoms with Gasteiger partial charge >= 0.3 is 0 Å². The molecule has 0 heterocycles. The fourth-order valence-electron chi connectivity index (χ4n) is 1.43. The van der Waals surface area contributed by atoms with Crippen molar-refractivity contribution in [2.24, 2.45) is 16.8 Å². The van der Waals surface area contributed by atoms with Crippen LogP contribution in [0.25, 0.3) is 0 Å². The zero-order valence-corrected chi connectivity index (χ0v) is 9.05. The smallest absolute Gasteiger partial charge is 0.205 e. The Morgan fingerprint density at radius 2 is 2.29 bits per heavy atom. The van der Waals surface area contributed by atoms with Crippen LogP contribution < -0.4 is 16.6 Å². The van der Waals surface area contributed by atoms with Crippen LogP contribution in [0.15, 0.2) is 4.99 Å². The van der Waals surface area contributed by atoms with E-state index in [2.05, 4.69) is 22.7 Å². The Morgan fingerprint density at radius 1 is 1.50 bits per heavy atom. The van der Waals surface area contributed by atoms with Gasteiger partial charge in [-0.3, -0.25) is 10.4 Å². The van der Waals surface area contributed by atoms with Gasteiger partial charge in [0.25, 0.3) is 0 Å². The number of aliphatic imine (C=N–C) groups is 1. The number of guanidine groups is 1. The molecule has 0 aromatic carbocycles. The second kappa shape index (κ2) is 6.65. The molecule has 1 saturated carbocycles. The highest BCUT2D eigenvalue weighted by molar-refractivity contribution is 5.79. The van der Waals surface area contributed by atoms with E-state index in [0.29, 0.717) is 0 Å². The van der Waals surface area contributed by atoms with Gasteiger partial charge in [0.1, 0.15) is 0 Å². The molecule has 0 aromatic rings. The first-order valence-corrected chi connectivity index (χ1v) is 5.61. The number of unbranched alkanes of at least 4 members (excludes halogenated alkanes) is 1. The van der Waals surface area contributed by atoms with E-state index in [9.17, 15) is 0 Å². The van der Waals surface area contributed by atoms with Gasteiger partial charge in [-0.25, -0.2) is 5.84 Å². The van der Waals surface area contributed by atoms with Crippen LogP contribution in [0.5, 0.6) is 0 Å². The van der Waals surface area contributed by atoms with E-state index in [1.54, 1.807) is 0 Å². The minimum absolute atomic E-state index is 0.741. The van der Waals surface area contributed by atoms with Gasteiger partial charge in [-0.15, -0.1) is 0 Å². The molecule has 0 spiro atoms. The maximum Gasteiger partial charge on any atom is 0.205 e. The van der Waals surface area contributed by atoms with Crippen molar-refractivity contribution in [2.75, 3.05) is 13.1 Å². The average molecular weight is 198 g/mol. The lowest BCUT2D eigenvalue weighted by atomic mass is 9.86. The molecule has 4 nitrogen and oxygen atoms in total. The van der Waals surface area contributed by atoms with Crippen LogP contribution in [0, 0.1) is 5.92 Å². The standard InChI is InChI=1S/C10H22N4/c1-2-3-7-12-10(14-11)13-8-9-5-4-6-9/h9H,2-8,11H2,1H3,(H2,12,13,14). The van der Waals surface area contributed by atoms with Crippen LogP contribution in [-0.2, 0) is 0 Å². The lowest BCUT2D eigenvalue weighted by molar-refractivity contribution is 0.325. The van der Waals surface area contributed by atoms with Gasteiger partial charge in [0, 0.05) is 13.1 Å². The molecule has 14 heavy (non-hydrogen) atoms. The van der Waals surface area contributed by atoms with Crippen molar-refractivity contribution in [3.63, 3.8) is 0 Å². The molecule has 0 aromatic heterocycles. The van der Waals surface area contributed by atoms with Crippen LogP contribution in [0.3, 0.4) is 0 Å². The van der Waals surface area contributed by atoms with Crippen LogP contribution in [0.1, 0.15) is 39.0 Å². The molecular formula is C10H22N4. The highest BCUT2D eigenvalue weighted by Crippen LogP contribution is 2.26. The number of nitrogens with zero attached hydrogens (tertiary/aromatic N) is 1. The molecule has 82 valence electrons. The van der Waals surface area contributed by atoms with Gasteiger partial charge in [-0.2, -0.15) is 0 Å². The second-order valence-electron chi connectivity index (χ2n) is 3.91. The summed E-state index contributed by atoms with van der Waals surface area (Å²) in [4.78, 5) is 4.41. The second-order valence-corrected chi connectivity index (χ2v) is 3.91. The summed E-state index contributed by atoms with van der Waals surface area (Å²) < 4.78 is 0. The number of hydrazine groups is 1. The highest BCUT2D eigenvalue weighted by Gasteiger charge is 2.16. The van der Waals surface area contributed by atoms with Crippen LogP contribution in [0.2, 0.25) is 0 Å². The minimum Gasteiger partial charge on any atom is -0.355 e. The largest absolute Gasteiger partial charge is 0.355 e. The van der Waals surface area contributed by atoms with Gasteiger partial charge in [0.15, 0.2) is 0 Å². The first-order chi connectivity index (χ1) is 6.86.